The molecule has 16 heavy (non-hydrogen) atoms. The van der Waals surface area contributed by atoms with Crippen LogP contribution >= 0.6 is 27.5 Å². The minimum atomic E-state index is -0.0510. The van der Waals surface area contributed by atoms with Gasteiger partial charge in [-0.3, -0.25) is 0 Å². The summed E-state index contributed by atoms with van der Waals surface area (Å²) in [5, 5.41) is -0.0510. The first-order valence-corrected chi connectivity index (χ1v) is 6.63. The van der Waals surface area contributed by atoms with E-state index in [1.807, 2.05) is 18.2 Å². The van der Waals surface area contributed by atoms with E-state index >= 15 is 0 Å². The van der Waals surface area contributed by atoms with E-state index in [0.717, 1.165) is 22.2 Å². The zero-order valence-corrected chi connectivity index (χ0v) is 12.5. The molecule has 0 aliphatic heterocycles. The first-order chi connectivity index (χ1) is 7.42. The first-order valence-electron chi connectivity index (χ1n) is 5.40. The van der Waals surface area contributed by atoms with Crippen LogP contribution in [0.5, 0.6) is 5.75 Å². The Bertz CT molecular complexity index is 363. The van der Waals surface area contributed by atoms with E-state index in [4.69, 9.17) is 16.3 Å². The number of hydrogen-bond acceptors (Lipinski definition) is 1. The van der Waals surface area contributed by atoms with Gasteiger partial charge in [-0.2, -0.15) is 0 Å². The molecule has 3 heteroatoms. The van der Waals surface area contributed by atoms with Crippen molar-refractivity contribution in [2.75, 3.05) is 7.11 Å². The Hall–Kier alpha value is -0.210. The molecule has 0 saturated carbocycles. The van der Waals surface area contributed by atoms with Gasteiger partial charge in [-0.25, -0.2) is 0 Å². The molecule has 1 atom stereocenters. The minimum absolute atomic E-state index is 0.0510. The number of alkyl halides is 1. The number of hydrogen-bond donors (Lipinski definition) is 0. The number of rotatable bonds is 4. The van der Waals surface area contributed by atoms with E-state index in [9.17, 15) is 0 Å². The largest absolute Gasteiger partial charge is 0.496 e. The van der Waals surface area contributed by atoms with E-state index < -0.39 is 0 Å². The Morgan fingerprint density at radius 1 is 1.44 bits per heavy atom. The number of benzene rings is 1. The van der Waals surface area contributed by atoms with Crippen molar-refractivity contribution in [1.82, 2.24) is 0 Å². The lowest BCUT2D eigenvalue weighted by Gasteiger charge is -2.30. The summed E-state index contributed by atoms with van der Waals surface area (Å²) in [6, 6.07) is 5.94. The average molecular weight is 306 g/mol. The van der Waals surface area contributed by atoms with Gasteiger partial charge < -0.3 is 4.74 Å². The highest BCUT2D eigenvalue weighted by atomic mass is 79.9. The molecule has 0 aliphatic carbocycles. The van der Waals surface area contributed by atoms with Crippen molar-refractivity contribution in [2.45, 2.75) is 32.6 Å². The molecule has 90 valence electrons. The topological polar surface area (TPSA) is 9.23 Å². The maximum absolute atomic E-state index is 6.55. The lowest BCUT2D eigenvalue weighted by molar-refractivity contribution is 0.325. The summed E-state index contributed by atoms with van der Waals surface area (Å²) in [6.07, 6.45) is 1.02. The van der Waals surface area contributed by atoms with Gasteiger partial charge in [0.25, 0.3) is 0 Å². The standard InChI is InChI=1S/C13H18BrClO/c1-5-13(2,3)12(15)10-8-9(14)6-7-11(10)16-4/h6-8,12H,5H2,1-4H3. The van der Waals surface area contributed by atoms with Crippen LogP contribution in [0.1, 0.15) is 38.1 Å². The predicted octanol–water partition coefficient (Wildman–Crippen LogP) is 5.17. The van der Waals surface area contributed by atoms with Gasteiger partial charge in [-0.1, -0.05) is 36.7 Å². The van der Waals surface area contributed by atoms with Crippen LogP contribution in [0.3, 0.4) is 0 Å². The molecule has 0 bridgehead atoms. The van der Waals surface area contributed by atoms with Gasteiger partial charge in [0.05, 0.1) is 12.5 Å². The second-order valence-corrected chi connectivity index (χ2v) is 5.94. The Morgan fingerprint density at radius 2 is 2.06 bits per heavy atom. The number of methoxy groups -OCH3 is 1. The van der Waals surface area contributed by atoms with Gasteiger partial charge in [0, 0.05) is 10.0 Å². The fourth-order valence-electron chi connectivity index (χ4n) is 1.50. The monoisotopic (exact) mass is 304 g/mol. The SMILES string of the molecule is CCC(C)(C)C(Cl)c1cc(Br)ccc1OC. The first kappa shape index (κ1) is 13.9. The third-order valence-corrected chi connectivity index (χ3v) is 4.38. The van der Waals surface area contributed by atoms with Crippen molar-refractivity contribution in [2.24, 2.45) is 5.41 Å². The highest BCUT2D eigenvalue weighted by Gasteiger charge is 2.29. The fourth-order valence-corrected chi connectivity index (χ4v) is 2.21. The summed E-state index contributed by atoms with van der Waals surface area (Å²) < 4.78 is 6.38. The Kier molecular flexibility index (Phi) is 4.69. The molecule has 1 aromatic rings. The smallest absolute Gasteiger partial charge is 0.123 e. The van der Waals surface area contributed by atoms with Crippen LogP contribution in [0.15, 0.2) is 22.7 Å². The molecular formula is C13H18BrClO. The van der Waals surface area contributed by atoms with Gasteiger partial charge >= 0.3 is 0 Å². The molecule has 0 aliphatic rings. The predicted molar refractivity (Wildman–Crippen MR) is 73.4 cm³/mol. The van der Waals surface area contributed by atoms with Crippen LogP contribution in [0, 0.1) is 5.41 Å². The van der Waals surface area contributed by atoms with Crippen molar-refractivity contribution in [3.63, 3.8) is 0 Å². The molecule has 0 radical (unpaired) electrons. The van der Waals surface area contributed by atoms with Gasteiger partial charge in [0.1, 0.15) is 5.75 Å². The van der Waals surface area contributed by atoms with Crippen molar-refractivity contribution >= 4 is 27.5 Å². The molecule has 0 saturated heterocycles. The summed E-state index contributed by atoms with van der Waals surface area (Å²) in [6.45, 7) is 6.50. The second-order valence-electron chi connectivity index (χ2n) is 4.59. The lowest BCUT2D eigenvalue weighted by Crippen LogP contribution is -2.17. The zero-order chi connectivity index (χ0) is 12.3. The molecule has 0 N–H and O–H groups in total. The zero-order valence-electron chi connectivity index (χ0n) is 10.2. The molecule has 1 rings (SSSR count). The van der Waals surface area contributed by atoms with Crippen molar-refractivity contribution < 1.29 is 4.74 Å². The molecule has 0 fully saturated rings. The summed E-state index contributed by atoms with van der Waals surface area (Å²) in [7, 11) is 1.68. The molecular weight excluding hydrogens is 287 g/mol. The van der Waals surface area contributed by atoms with Gasteiger partial charge in [0.2, 0.25) is 0 Å². The normalized spacial score (nSPS) is 13.6. The molecule has 1 unspecified atom stereocenters. The summed E-state index contributed by atoms with van der Waals surface area (Å²) in [5.41, 5.74) is 1.10. The fraction of sp³-hybridized carbons (Fsp3) is 0.538. The van der Waals surface area contributed by atoms with E-state index in [-0.39, 0.29) is 10.8 Å². The Morgan fingerprint density at radius 3 is 2.56 bits per heavy atom. The molecule has 0 spiro atoms. The summed E-state index contributed by atoms with van der Waals surface area (Å²) in [4.78, 5) is 0. The molecule has 1 aromatic carbocycles. The molecule has 0 amide bonds. The highest BCUT2D eigenvalue weighted by Crippen LogP contribution is 2.45. The van der Waals surface area contributed by atoms with Crippen LogP contribution in [-0.2, 0) is 0 Å². The minimum Gasteiger partial charge on any atom is -0.496 e. The third kappa shape index (κ3) is 2.92. The van der Waals surface area contributed by atoms with Crippen LogP contribution in [0.25, 0.3) is 0 Å². The number of halogens is 2. The molecule has 1 nitrogen and oxygen atoms in total. The highest BCUT2D eigenvalue weighted by molar-refractivity contribution is 9.10. The third-order valence-electron chi connectivity index (χ3n) is 3.06. The van der Waals surface area contributed by atoms with Crippen LogP contribution in [-0.4, -0.2) is 7.11 Å². The lowest BCUT2D eigenvalue weighted by atomic mass is 9.82. The quantitative estimate of drug-likeness (QED) is 0.697. The Labute approximate surface area is 111 Å². The van der Waals surface area contributed by atoms with Gasteiger partial charge in [-0.05, 0) is 30.0 Å². The molecule has 0 aromatic heterocycles. The van der Waals surface area contributed by atoms with Crippen molar-refractivity contribution in [1.29, 1.82) is 0 Å². The van der Waals surface area contributed by atoms with Crippen LogP contribution < -0.4 is 4.74 Å². The van der Waals surface area contributed by atoms with Gasteiger partial charge in [-0.15, -0.1) is 11.6 Å². The van der Waals surface area contributed by atoms with E-state index in [1.54, 1.807) is 7.11 Å². The number of ether oxygens (including phenoxy) is 1. The summed E-state index contributed by atoms with van der Waals surface area (Å²) >= 11 is 10.0. The van der Waals surface area contributed by atoms with E-state index in [1.165, 1.54) is 0 Å². The maximum atomic E-state index is 6.55. The van der Waals surface area contributed by atoms with E-state index in [2.05, 4.69) is 36.7 Å². The van der Waals surface area contributed by atoms with Gasteiger partial charge in [0.15, 0.2) is 0 Å². The van der Waals surface area contributed by atoms with E-state index in [0.29, 0.717) is 0 Å². The van der Waals surface area contributed by atoms with Crippen LogP contribution in [0.2, 0.25) is 0 Å². The maximum Gasteiger partial charge on any atom is 0.123 e. The second kappa shape index (κ2) is 5.42. The van der Waals surface area contributed by atoms with Crippen molar-refractivity contribution in [3.8, 4) is 5.75 Å². The van der Waals surface area contributed by atoms with Crippen molar-refractivity contribution in [3.05, 3.63) is 28.2 Å². The Balaban J connectivity index is 3.16. The average Bonchev–Trinajstić information content (AvgIpc) is 2.28. The molecule has 0 heterocycles. The van der Waals surface area contributed by atoms with Crippen LogP contribution in [0.4, 0.5) is 0 Å². The summed E-state index contributed by atoms with van der Waals surface area (Å²) in [5.74, 6) is 0.852.